The molecule has 1 unspecified atom stereocenters. The molecular formula is C16H22N4O. The highest BCUT2D eigenvalue weighted by molar-refractivity contribution is 5.90. The first-order valence-corrected chi connectivity index (χ1v) is 7.19. The van der Waals surface area contributed by atoms with Crippen LogP contribution in [0.1, 0.15) is 55.7 Å². The number of hydrogen-bond donors (Lipinski definition) is 2. The molecule has 0 saturated heterocycles. The summed E-state index contributed by atoms with van der Waals surface area (Å²) in [5, 5.41) is 9.78. The molecule has 0 saturated carbocycles. The zero-order valence-electron chi connectivity index (χ0n) is 13.0. The molecule has 0 aliphatic heterocycles. The molecule has 1 aromatic carbocycles. The number of aromatic nitrogens is 3. The molecule has 0 bridgehead atoms. The van der Waals surface area contributed by atoms with Gasteiger partial charge < -0.3 is 5.32 Å². The maximum absolute atomic E-state index is 12.3. The highest BCUT2D eigenvalue weighted by atomic mass is 16.2. The lowest BCUT2D eigenvalue weighted by Crippen LogP contribution is -2.37. The number of rotatable bonds is 4. The van der Waals surface area contributed by atoms with Crippen LogP contribution in [0.15, 0.2) is 30.3 Å². The molecule has 5 heteroatoms. The fourth-order valence-corrected chi connectivity index (χ4v) is 2.20. The number of nitrogens with one attached hydrogen (secondary N) is 2. The zero-order chi connectivity index (χ0) is 15.5. The lowest BCUT2D eigenvalue weighted by Gasteiger charge is -2.31. The van der Waals surface area contributed by atoms with E-state index in [0.29, 0.717) is 5.82 Å². The van der Waals surface area contributed by atoms with Gasteiger partial charge in [-0.3, -0.25) is 9.89 Å². The van der Waals surface area contributed by atoms with Gasteiger partial charge in [-0.2, -0.15) is 0 Å². The second-order valence-electron chi connectivity index (χ2n) is 6.14. The van der Waals surface area contributed by atoms with E-state index in [2.05, 4.69) is 41.3 Å². The van der Waals surface area contributed by atoms with Gasteiger partial charge in [-0.25, -0.2) is 4.98 Å². The summed E-state index contributed by atoms with van der Waals surface area (Å²) in [6.07, 6.45) is 0.724. The highest BCUT2D eigenvalue weighted by Crippen LogP contribution is 2.32. The lowest BCUT2D eigenvalue weighted by atomic mass is 9.82. The van der Waals surface area contributed by atoms with Gasteiger partial charge in [0.05, 0.1) is 6.04 Å². The molecule has 1 atom stereocenters. The molecule has 5 nitrogen and oxygen atoms in total. The van der Waals surface area contributed by atoms with Crippen LogP contribution in [0.3, 0.4) is 0 Å². The quantitative estimate of drug-likeness (QED) is 0.908. The molecule has 0 aliphatic rings. The Bertz CT molecular complexity index is 598. The third-order valence-corrected chi connectivity index (χ3v) is 3.34. The molecule has 2 aromatic rings. The van der Waals surface area contributed by atoms with E-state index < -0.39 is 0 Å². The van der Waals surface area contributed by atoms with E-state index in [0.717, 1.165) is 12.0 Å². The Labute approximate surface area is 125 Å². The van der Waals surface area contributed by atoms with Crippen LogP contribution in [0, 0.1) is 5.41 Å². The molecule has 0 fully saturated rings. The number of carbonyl (C=O) groups is 1. The molecular weight excluding hydrogens is 264 g/mol. The highest BCUT2D eigenvalue weighted by Gasteiger charge is 2.29. The van der Waals surface area contributed by atoms with Crippen molar-refractivity contribution in [2.45, 2.75) is 40.2 Å². The monoisotopic (exact) mass is 286 g/mol. The summed E-state index contributed by atoms with van der Waals surface area (Å²) in [6.45, 7) is 8.26. The van der Waals surface area contributed by atoms with Crippen LogP contribution in [0.4, 0.5) is 0 Å². The van der Waals surface area contributed by atoms with Gasteiger partial charge in [0.2, 0.25) is 5.82 Å². The first-order valence-electron chi connectivity index (χ1n) is 7.19. The molecule has 1 amide bonds. The van der Waals surface area contributed by atoms with E-state index in [1.807, 2.05) is 37.3 Å². The largest absolute Gasteiger partial charge is 0.342 e. The Morgan fingerprint density at radius 2 is 1.95 bits per heavy atom. The predicted octanol–water partition coefficient (Wildman–Crippen LogP) is 2.88. The molecule has 1 aromatic heterocycles. The summed E-state index contributed by atoms with van der Waals surface area (Å²) >= 11 is 0. The Kier molecular flexibility index (Phi) is 4.40. The van der Waals surface area contributed by atoms with Crippen molar-refractivity contribution in [3.63, 3.8) is 0 Å². The Hall–Kier alpha value is -2.17. The number of hydrogen-bond acceptors (Lipinski definition) is 3. The summed E-state index contributed by atoms with van der Waals surface area (Å²) in [5.41, 5.74) is 0.963. The zero-order valence-corrected chi connectivity index (χ0v) is 13.0. The molecule has 21 heavy (non-hydrogen) atoms. The Morgan fingerprint density at radius 3 is 2.48 bits per heavy atom. The second kappa shape index (κ2) is 6.08. The predicted molar refractivity (Wildman–Crippen MR) is 81.9 cm³/mol. The summed E-state index contributed by atoms with van der Waals surface area (Å²) in [4.78, 5) is 16.5. The fourth-order valence-electron chi connectivity index (χ4n) is 2.20. The first-order chi connectivity index (χ1) is 9.91. The summed E-state index contributed by atoms with van der Waals surface area (Å²) < 4.78 is 0. The first kappa shape index (κ1) is 15.2. The molecule has 0 spiro atoms. The average molecular weight is 286 g/mol. The van der Waals surface area contributed by atoms with Crippen LogP contribution in [0.2, 0.25) is 0 Å². The number of amides is 1. The van der Waals surface area contributed by atoms with Gasteiger partial charge in [0.25, 0.3) is 5.91 Å². The van der Waals surface area contributed by atoms with Crippen LogP contribution in [0.5, 0.6) is 0 Å². The van der Waals surface area contributed by atoms with Crippen molar-refractivity contribution < 1.29 is 4.79 Å². The van der Waals surface area contributed by atoms with Gasteiger partial charge in [-0.05, 0) is 11.0 Å². The van der Waals surface area contributed by atoms with E-state index >= 15 is 0 Å². The summed E-state index contributed by atoms with van der Waals surface area (Å²) in [5.74, 6) is 0.652. The number of benzene rings is 1. The van der Waals surface area contributed by atoms with Crippen LogP contribution in [-0.4, -0.2) is 21.1 Å². The number of carbonyl (C=O) groups excluding carboxylic acids is 1. The van der Waals surface area contributed by atoms with Crippen molar-refractivity contribution in [3.8, 4) is 0 Å². The average Bonchev–Trinajstić information content (AvgIpc) is 2.93. The van der Waals surface area contributed by atoms with Gasteiger partial charge in [-0.15, -0.1) is 5.10 Å². The third-order valence-electron chi connectivity index (χ3n) is 3.34. The normalized spacial score (nSPS) is 13.0. The van der Waals surface area contributed by atoms with Crippen LogP contribution in [0.25, 0.3) is 0 Å². The molecule has 1 heterocycles. The lowest BCUT2D eigenvalue weighted by molar-refractivity contribution is 0.0891. The van der Waals surface area contributed by atoms with E-state index in [-0.39, 0.29) is 23.2 Å². The van der Waals surface area contributed by atoms with Gasteiger partial charge in [0.1, 0.15) is 5.82 Å². The Morgan fingerprint density at radius 1 is 1.29 bits per heavy atom. The number of H-pyrrole nitrogens is 1. The number of aromatic amines is 1. The van der Waals surface area contributed by atoms with Gasteiger partial charge in [0, 0.05) is 6.42 Å². The van der Waals surface area contributed by atoms with Crippen molar-refractivity contribution in [3.05, 3.63) is 47.5 Å². The van der Waals surface area contributed by atoms with Gasteiger partial charge in [-0.1, -0.05) is 58.0 Å². The SMILES string of the molecule is CCc1nc(C(=O)NC(c2ccccc2)C(C)(C)C)n[nH]1. The minimum absolute atomic E-state index is 0.102. The van der Waals surface area contributed by atoms with Crippen molar-refractivity contribution in [2.75, 3.05) is 0 Å². The third kappa shape index (κ3) is 3.68. The molecule has 112 valence electrons. The van der Waals surface area contributed by atoms with Crippen molar-refractivity contribution in [2.24, 2.45) is 5.41 Å². The van der Waals surface area contributed by atoms with E-state index in [4.69, 9.17) is 0 Å². The molecule has 0 aliphatic carbocycles. The van der Waals surface area contributed by atoms with E-state index in [1.165, 1.54) is 0 Å². The smallest absolute Gasteiger partial charge is 0.291 e. The van der Waals surface area contributed by atoms with Crippen molar-refractivity contribution >= 4 is 5.91 Å². The summed E-state index contributed by atoms with van der Waals surface area (Å²) in [6, 6.07) is 9.85. The van der Waals surface area contributed by atoms with Gasteiger partial charge in [0.15, 0.2) is 0 Å². The topological polar surface area (TPSA) is 70.7 Å². The van der Waals surface area contributed by atoms with Crippen LogP contribution >= 0.6 is 0 Å². The van der Waals surface area contributed by atoms with Crippen LogP contribution in [-0.2, 0) is 6.42 Å². The second-order valence-corrected chi connectivity index (χ2v) is 6.14. The molecule has 0 radical (unpaired) electrons. The maximum atomic E-state index is 12.3. The van der Waals surface area contributed by atoms with Gasteiger partial charge >= 0.3 is 0 Å². The van der Waals surface area contributed by atoms with Crippen LogP contribution < -0.4 is 5.32 Å². The van der Waals surface area contributed by atoms with E-state index in [1.54, 1.807) is 0 Å². The minimum atomic E-state index is -0.255. The maximum Gasteiger partial charge on any atom is 0.291 e. The molecule has 2 rings (SSSR count). The standard InChI is InChI=1S/C16H22N4O/c1-5-12-17-14(20-19-12)15(21)18-13(16(2,3)4)11-9-7-6-8-10-11/h6-10,13H,5H2,1-4H3,(H,18,21)(H,17,19,20). The van der Waals surface area contributed by atoms with E-state index in [9.17, 15) is 4.79 Å². The summed E-state index contributed by atoms with van der Waals surface area (Å²) in [7, 11) is 0. The van der Waals surface area contributed by atoms with Crippen molar-refractivity contribution in [1.82, 2.24) is 20.5 Å². The molecule has 2 N–H and O–H groups in total. The number of nitrogens with zero attached hydrogens (tertiary/aromatic N) is 2. The number of aryl methyl sites for hydroxylation is 1. The minimum Gasteiger partial charge on any atom is -0.342 e. The fraction of sp³-hybridized carbons (Fsp3) is 0.438. The van der Waals surface area contributed by atoms with Crippen molar-refractivity contribution in [1.29, 1.82) is 0 Å². The Balaban J connectivity index is 2.21.